The van der Waals surface area contributed by atoms with Gasteiger partial charge in [-0.25, -0.2) is 0 Å². The Hall–Kier alpha value is -2.67. The zero-order valence-electron chi connectivity index (χ0n) is 14.0. The molecule has 0 radical (unpaired) electrons. The van der Waals surface area contributed by atoms with Gasteiger partial charge in [-0.2, -0.15) is 0 Å². The Morgan fingerprint density at radius 2 is 1.96 bits per heavy atom. The zero-order chi connectivity index (χ0) is 17.8. The number of nitrogens with zero attached hydrogens (tertiary/aromatic N) is 4. The predicted molar refractivity (Wildman–Crippen MR) is 98.5 cm³/mol. The number of aryl methyl sites for hydroxylation is 1. The Kier molecular flexibility index (Phi) is 5.14. The van der Waals surface area contributed by atoms with Crippen molar-refractivity contribution in [2.24, 2.45) is 0 Å². The fourth-order valence-corrected chi connectivity index (χ4v) is 3.53. The molecular weight excluding hydrogens is 336 g/mol. The largest absolute Gasteiger partial charge is 0.302 e. The zero-order valence-corrected chi connectivity index (χ0v) is 14.9. The maximum Gasteiger partial charge on any atom is 0.269 e. The molecule has 3 rings (SSSR count). The molecule has 2 aromatic carbocycles. The van der Waals surface area contributed by atoms with Crippen LogP contribution in [0.5, 0.6) is 0 Å². The van der Waals surface area contributed by atoms with Crippen LogP contribution in [0.1, 0.15) is 18.1 Å². The normalized spacial score (nSPS) is 10.8. The third-order valence-corrected chi connectivity index (χ3v) is 4.84. The molecule has 0 fully saturated rings. The molecule has 0 spiro atoms. The number of nitro groups is 1. The molecule has 6 nitrogen and oxygen atoms in total. The first kappa shape index (κ1) is 17.2. The number of benzene rings is 2. The van der Waals surface area contributed by atoms with Gasteiger partial charge in [-0.05, 0) is 25.5 Å². The van der Waals surface area contributed by atoms with Crippen LogP contribution in [0.15, 0.2) is 53.7 Å². The first-order valence-corrected chi connectivity index (χ1v) is 8.93. The molecule has 1 aromatic heterocycles. The van der Waals surface area contributed by atoms with Crippen molar-refractivity contribution < 1.29 is 4.92 Å². The van der Waals surface area contributed by atoms with Crippen LogP contribution < -0.4 is 0 Å². The second-order valence-electron chi connectivity index (χ2n) is 5.64. The summed E-state index contributed by atoms with van der Waals surface area (Å²) in [7, 11) is 0. The molecule has 25 heavy (non-hydrogen) atoms. The van der Waals surface area contributed by atoms with E-state index in [-0.39, 0.29) is 10.6 Å². The van der Waals surface area contributed by atoms with Crippen molar-refractivity contribution in [1.82, 2.24) is 14.8 Å². The van der Waals surface area contributed by atoms with Crippen LogP contribution in [0.4, 0.5) is 5.69 Å². The van der Waals surface area contributed by atoms with Crippen molar-refractivity contribution >= 4 is 17.4 Å². The van der Waals surface area contributed by atoms with Gasteiger partial charge in [0.2, 0.25) is 0 Å². The molecule has 0 aliphatic heterocycles. The Morgan fingerprint density at radius 3 is 2.68 bits per heavy atom. The summed E-state index contributed by atoms with van der Waals surface area (Å²) >= 11 is 1.53. The van der Waals surface area contributed by atoms with E-state index in [1.807, 2.05) is 31.2 Å². The lowest BCUT2D eigenvalue weighted by atomic mass is 10.1. The van der Waals surface area contributed by atoms with Crippen molar-refractivity contribution in [3.05, 3.63) is 69.8 Å². The molecule has 128 valence electrons. The monoisotopic (exact) mass is 354 g/mol. The van der Waals surface area contributed by atoms with Crippen molar-refractivity contribution in [3.63, 3.8) is 0 Å². The van der Waals surface area contributed by atoms with Crippen LogP contribution in [0.2, 0.25) is 0 Å². The van der Waals surface area contributed by atoms with E-state index in [1.54, 1.807) is 12.1 Å². The van der Waals surface area contributed by atoms with E-state index < -0.39 is 0 Å². The highest BCUT2D eigenvalue weighted by molar-refractivity contribution is 7.98. The van der Waals surface area contributed by atoms with Crippen LogP contribution in [0.25, 0.3) is 11.4 Å². The molecule has 0 aliphatic rings. The summed E-state index contributed by atoms with van der Waals surface area (Å²) in [5.41, 5.74) is 3.21. The Balaban J connectivity index is 1.82. The summed E-state index contributed by atoms with van der Waals surface area (Å²) < 4.78 is 2.07. The molecule has 7 heteroatoms. The minimum Gasteiger partial charge on any atom is -0.302 e. The average Bonchev–Trinajstić information content (AvgIpc) is 3.03. The molecule has 0 aliphatic carbocycles. The van der Waals surface area contributed by atoms with Gasteiger partial charge in [-0.1, -0.05) is 47.7 Å². The van der Waals surface area contributed by atoms with Gasteiger partial charge in [-0.15, -0.1) is 10.2 Å². The van der Waals surface area contributed by atoms with Gasteiger partial charge in [-0.3, -0.25) is 10.1 Å². The van der Waals surface area contributed by atoms with Crippen LogP contribution in [0, 0.1) is 17.0 Å². The molecule has 0 saturated heterocycles. The maximum absolute atomic E-state index is 10.9. The van der Waals surface area contributed by atoms with E-state index in [0.29, 0.717) is 5.75 Å². The third kappa shape index (κ3) is 3.88. The van der Waals surface area contributed by atoms with Gasteiger partial charge in [0.15, 0.2) is 11.0 Å². The highest BCUT2D eigenvalue weighted by atomic mass is 32.2. The fourth-order valence-electron chi connectivity index (χ4n) is 2.59. The summed E-state index contributed by atoms with van der Waals surface area (Å²) in [6.45, 7) is 4.86. The average molecular weight is 354 g/mol. The number of aromatic nitrogens is 3. The lowest BCUT2D eigenvalue weighted by Gasteiger charge is -2.08. The van der Waals surface area contributed by atoms with Gasteiger partial charge in [0, 0.05) is 30.0 Å². The minimum absolute atomic E-state index is 0.107. The quantitative estimate of drug-likeness (QED) is 0.371. The van der Waals surface area contributed by atoms with Crippen molar-refractivity contribution in [2.45, 2.75) is 31.3 Å². The molecule has 0 saturated carbocycles. The van der Waals surface area contributed by atoms with Gasteiger partial charge < -0.3 is 4.57 Å². The van der Waals surface area contributed by atoms with E-state index >= 15 is 0 Å². The summed E-state index contributed by atoms with van der Waals surface area (Å²) in [5.74, 6) is 1.45. The highest BCUT2D eigenvalue weighted by Gasteiger charge is 2.14. The molecular formula is C18H18N4O2S. The summed E-state index contributed by atoms with van der Waals surface area (Å²) in [5, 5.41) is 20.3. The summed E-state index contributed by atoms with van der Waals surface area (Å²) in [6, 6.07) is 14.9. The Bertz CT molecular complexity index is 908. The summed E-state index contributed by atoms with van der Waals surface area (Å²) in [6.07, 6.45) is 0. The smallest absolute Gasteiger partial charge is 0.269 e. The van der Waals surface area contributed by atoms with Gasteiger partial charge >= 0.3 is 0 Å². The third-order valence-electron chi connectivity index (χ3n) is 3.80. The number of nitro benzene ring substituents is 1. The van der Waals surface area contributed by atoms with E-state index in [0.717, 1.165) is 28.7 Å². The number of hydrogen-bond acceptors (Lipinski definition) is 5. The van der Waals surface area contributed by atoms with Crippen molar-refractivity contribution in [1.29, 1.82) is 0 Å². The Labute approximate surface area is 150 Å². The van der Waals surface area contributed by atoms with E-state index in [9.17, 15) is 10.1 Å². The minimum atomic E-state index is -0.376. The predicted octanol–water partition coefficient (Wildman–Crippen LogP) is 4.47. The first-order valence-electron chi connectivity index (χ1n) is 7.95. The van der Waals surface area contributed by atoms with Crippen molar-refractivity contribution in [3.8, 4) is 11.4 Å². The van der Waals surface area contributed by atoms with Gasteiger partial charge in [0.05, 0.1) is 4.92 Å². The second kappa shape index (κ2) is 7.48. The van der Waals surface area contributed by atoms with Crippen LogP contribution in [0.3, 0.4) is 0 Å². The summed E-state index contributed by atoms with van der Waals surface area (Å²) in [4.78, 5) is 10.5. The highest BCUT2D eigenvalue weighted by Crippen LogP contribution is 2.27. The first-order chi connectivity index (χ1) is 12.1. The molecule has 0 atom stereocenters. The molecule has 1 heterocycles. The molecule has 0 amide bonds. The van der Waals surface area contributed by atoms with Gasteiger partial charge in [0.25, 0.3) is 5.69 Å². The van der Waals surface area contributed by atoms with E-state index in [1.165, 1.54) is 23.4 Å². The SMILES string of the molecule is CCn1c(SCc2cccc([N+](=O)[O-])c2)nnc1-c1cccc(C)c1. The molecule has 0 bridgehead atoms. The van der Waals surface area contributed by atoms with Crippen LogP contribution >= 0.6 is 11.8 Å². The fraction of sp³-hybridized carbons (Fsp3) is 0.222. The molecule has 0 unspecified atom stereocenters. The van der Waals surface area contributed by atoms with Gasteiger partial charge in [0.1, 0.15) is 0 Å². The van der Waals surface area contributed by atoms with E-state index in [2.05, 4.69) is 27.8 Å². The molecule has 0 N–H and O–H groups in total. The number of non-ortho nitro benzene ring substituents is 1. The van der Waals surface area contributed by atoms with Crippen molar-refractivity contribution in [2.75, 3.05) is 0 Å². The standard InChI is InChI=1S/C18H18N4O2S/c1-3-21-17(15-8-4-6-13(2)10-15)19-20-18(21)25-12-14-7-5-9-16(11-14)22(23)24/h4-11H,3,12H2,1-2H3. The lowest BCUT2D eigenvalue weighted by molar-refractivity contribution is -0.384. The van der Waals surface area contributed by atoms with E-state index in [4.69, 9.17) is 0 Å². The Morgan fingerprint density at radius 1 is 1.16 bits per heavy atom. The maximum atomic E-state index is 10.9. The lowest BCUT2D eigenvalue weighted by Crippen LogP contribution is -2.00. The number of rotatable bonds is 6. The number of thioether (sulfide) groups is 1. The number of hydrogen-bond donors (Lipinski definition) is 0. The topological polar surface area (TPSA) is 73.8 Å². The van der Waals surface area contributed by atoms with Crippen LogP contribution in [-0.2, 0) is 12.3 Å². The molecule has 3 aromatic rings. The van der Waals surface area contributed by atoms with Crippen LogP contribution in [-0.4, -0.2) is 19.7 Å². The second-order valence-corrected chi connectivity index (χ2v) is 6.58.